The second-order valence-electron chi connectivity index (χ2n) is 5.40. The summed E-state index contributed by atoms with van der Waals surface area (Å²) < 4.78 is 5.07. The number of nitrogens with zero attached hydrogens (tertiary/aromatic N) is 1. The first-order valence-electron chi connectivity index (χ1n) is 7.16. The zero-order chi connectivity index (χ0) is 13.4. The minimum atomic E-state index is 0.168. The van der Waals surface area contributed by atoms with Gasteiger partial charge in [-0.05, 0) is 45.1 Å². The minimum absolute atomic E-state index is 0.168. The standard InChI is InChI=1S/C14H28N2O2/c1-4-12(2)15-14(17)11-16-8-7-13(10-16)6-5-9-18-3/h12-13H,4-11H2,1-3H3,(H,15,17)/t12?,13-/m0/s1. The van der Waals surface area contributed by atoms with Crippen molar-refractivity contribution in [2.24, 2.45) is 5.92 Å². The van der Waals surface area contributed by atoms with E-state index in [9.17, 15) is 4.79 Å². The van der Waals surface area contributed by atoms with E-state index in [2.05, 4.69) is 24.1 Å². The van der Waals surface area contributed by atoms with Crippen molar-refractivity contribution in [3.63, 3.8) is 0 Å². The van der Waals surface area contributed by atoms with Crippen molar-refractivity contribution in [1.29, 1.82) is 0 Å². The van der Waals surface area contributed by atoms with Crippen molar-refractivity contribution in [3.05, 3.63) is 0 Å². The van der Waals surface area contributed by atoms with Crippen LogP contribution in [0.15, 0.2) is 0 Å². The number of nitrogens with one attached hydrogen (secondary N) is 1. The number of ether oxygens (including phenoxy) is 1. The minimum Gasteiger partial charge on any atom is -0.385 e. The molecule has 1 saturated heterocycles. The fourth-order valence-electron chi connectivity index (χ4n) is 2.43. The van der Waals surface area contributed by atoms with Crippen LogP contribution in [-0.4, -0.2) is 50.2 Å². The maximum absolute atomic E-state index is 11.8. The lowest BCUT2D eigenvalue weighted by atomic mass is 10.0. The molecule has 0 aliphatic carbocycles. The molecule has 0 radical (unpaired) electrons. The number of hydrogen-bond donors (Lipinski definition) is 1. The number of methoxy groups -OCH3 is 1. The van der Waals surface area contributed by atoms with Crippen molar-refractivity contribution in [2.45, 2.75) is 45.6 Å². The van der Waals surface area contributed by atoms with Gasteiger partial charge in [-0.2, -0.15) is 0 Å². The van der Waals surface area contributed by atoms with E-state index in [1.807, 2.05) is 0 Å². The first kappa shape index (κ1) is 15.4. The van der Waals surface area contributed by atoms with Crippen LogP contribution in [0.5, 0.6) is 0 Å². The molecule has 0 aromatic carbocycles. The fraction of sp³-hybridized carbons (Fsp3) is 0.929. The Morgan fingerprint density at radius 1 is 1.56 bits per heavy atom. The van der Waals surface area contributed by atoms with Gasteiger partial charge in [-0.25, -0.2) is 0 Å². The zero-order valence-corrected chi connectivity index (χ0v) is 12.1. The largest absolute Gasteiger partial charge is 0.385 e. The van der Waals surface area contributed by atoms with Crippen LogP contribution in [0.1, 0.15) is 39.5 Å². The highest BCUT2D eigenvalue weighted by Gasteiger charge is 2.23. The molecule has 1 fully saturated rings. The van der Waals surface area contributed by atoms with Gasteiger partial charge in [0.2, 0.25) is 5.91 Å². The summed E-state index contributed by atoms with van der Waals surface area (Å²) in [5, 5.41) is 3.02. The third-order valence-corrected chi connectivity index (χ3v) is 3.72. The maximum Gasteiger partial charge on any atom is 0.234 e. The lowest BCUT2D eigenvalue weighted by Gasteiger charge is -2.17. The number of likely N-dealkylation sites (tertiary alicyclic amines) is 1. The molecule has 0 spiro atoms. The summed E-state index contributed by atoms with van der Waals surface area (Å²) in [4.78, 5) is 14.0. The zero-order valence-electron chi connectivity index (χ0n) is 12.1. The van der Waals surface area contributed by atoms with Gasteiger partial charge in [-0.15, -0.1) is 0 Å². The third kappa shape index (κ3) is 5.83. The van der Waals surface area contributed by atoms with Crippen molar-refractivity contribution >= 4 is 5.91 Å². The summed E-state index contributed by atoms with van der Waals surface area (Å²) in [5.74, 6) is 0.915. The quantitative estimate of drug-likeness (QED) is 0.671. The average molecular weight is 256 g/mol. The molecule has 0 saturated carbocycles. The Morgan fingerprint density at radius 2 is 2.33 bits per heavy atom. The van der Waals surface area contributed by atoms with Gasteiger partial charge in [0.15, 0.2) is 0 Å². The molecule has 1 amide bonds. The van der Waals surface area contributed by atoms with E-state index in [-0.39, 0.29) is 11.9 Å². The van der Waals surface area contributed by atoms with Crippen LogP contribution in [0.3, 0.4) is 0 Å². The number of rotatable bonds is 8. The van der Waals surface area contributed by atoms with Gasteiger partial charge in [-0.1, -0.05) is 6.92 Å². The van der Waals surface area contributed by atoms with E-state index in [1.54, 1.807) is 7.11 Å². The summed E-state index contributed by atoms with van der Waals surface area (Å²) in [6, 6.07) is 0.289. The molecule has 1 heterocycles. The Bertz CT molecular complexity index is 246. The van der Waals surface area contributed by atoms with Gasteiger partial charge < -0.3 is 10.1 Å². The van der Waals surface area contributed by atoms with Crippen LogP contribution in [0, 0.1) is 5.92 Å². The number of carbonyl (C=O) groups is 1. The molecule has 0 bridgehead atoms. The second-order valence-corrected chi connectivity index (χ2v) is 5.40. The van der Waals surface area contributed by atoms with Crippen molar-refractivity contribution < 1.29 is 9.53 Å². The summed E-state index contributed by atoms with van der Waals surface area (Å²) in [7, 11) is 1.75. The van der Waals surface area contributed by atoms with Gasteiger partial charge in [0, 0.05) is 26.3 Å². The van der Waals surface area contributed by atoms with Crippen molar-refractivity contribution in [3.8, 4) is 0 Å². The number of hydrogen-bond acceptors (Lipinski definition) is 3. The van der Waals surface area contributed by atoms with E-state index < -0.39 is 0 Å². The smallest absolute Gasteiger partial charge is 0.234 e. The summed E-state index contributed by atoms with van der Waals surface area (Å²) >= 11 is 0. The predicted molar refractivity (Wildman–Crippen MR) is 73.6 cm³/mol. The highest BCUT2D eigenvalue weighted by atomic mass is 16.5. The Labute approximate surface area is 111 Å². The van der Waals surface area contributed by atoms with Gasteiger partial charge in [0.1, 0.15) is 0 Å². The Balaban J connectivity index is 2.15. The molecule has 1 aliphatic heterocycles. The van der Waals surface area contributed by atoms with Crippen LogP contribution in [0.4, 0.5) is 0 Å². The molecular weight excluding hydrogens is 228 g/mol. The summed E-state index contributed by atoms with van der Waals surface area (Å²) in [6.07, 6.45) is 4.57. The highest BCUT2D eigenvalue weighted by Crippen LogP contribution is 2.20. The normalized spacial score (nSPS) is 22.1. The Kier molecular flexibility index (Phi) is 7.28. The van der Waals surface area contributed by atoms with Gasteiger partial charge >= 0.3 is 0 Å². The lowest BCUT2D eigenvalue weighted by Crippen LogP contribution is -2.40. The predicted octanol–water partition coefficient (Wildman–Crippen LogP) is 1.65. The fourth-order valence-corrected chi connectivity index (χ4v) is 2.43. The van der Waals surface area contributed by atoms with E-state index in [4.69, 9.17) is 4.74 Å². The number of carbonyl (C=O) groups excluding carboxylic acids is 1. The third-order valence-electron chi connectivity index (χ3n) is 3.72. The first-order valence-corrected chi connectivity index (χ1v) is 7.16. The average Bonchev–Trinajstić information content (AvgIpc) is 2.76. The molecule has 2 atom stereocenters. The second kappa shape index (κ2) is 8.48. The van der Waals surface area contributed by atoms with Crippen LogP contribution < -0.4 is 5.32 Å². The van der Waals surface area contributed by atoms with Gasteiger partial charge in [-0.3, -0.25) is 9.69 Å². The van der Waals surface area contributed by atoms with E-state index in [1.165, 1.54) is 12.8 Å². The topological polar surface area (TPSA) is 41.6 Å². The number of amides is 1. The first-order chi connectivity index (χ1) is 8.65. The van der Waals surface area contributed by atoms with Crippen molar-refractivity contribution in [2.75, 3.05) is 33.4 Å². The van der Waals surface area contributed by atoms with Crippen LogP contribution >= 0.6 is 0 Å². The molecule has 1 aliphatic rings. The van der Waals surface area contributed by atoms with Crippen LogP contribution in [0.2, 0.25) is 0 Å². The summed E-state index contributed by atoms with van der Waals surface area (Å²) in [6.45, 7) is 7.68. The van der Waals surface area contributed by atoms with E-state index in [0.717, 1.165) is 38.5 Å². The van der Waals surface area contributed by atoms with E-state index >= 15 is 0 Å². The Hall–Kier alpha value is -0.610. The highest BCUT2D eigenvalue weighted by molar-refractivity contribution is 5.78. The van der Waals surface area contributed by atoms with E-state index in [0.29, 0.717) is 6.54 Å². The molecule has 106 valence electrons. The molecule has 0 aromatic rings. The molecule has 1 N–H and O–H groups in total. The van der Waals surface area contributed by atoms with Gasteiger partial charge in [0.05, 0.1) is 6.54 Å². The molecule has 1 unspecified atom stereocenters. The maximum atomic E-state index is 11.8. The molecule has 4 heteroatoms. The monoisotopic (exact) mass is 256 g/mol. The summed E-state index contributed by atoms with van der Waals surface area (Å²) in [5.41, 5.74) is 0. The molecular formula is C14H28N2O2. The van der Waals surface area contributed by atoms with Crippen LogP contribution in [-0.2, 0) is 9.53 Å². The Morgan fingerprint density at radius 3 is 3.00 bits per heavy atom. The molecule has 4 nitrogen and oxygen atoms in total. The lowest BCUT2D eigenvalue weighted by molar-refractivity contribution is -0.122. The van der Waals surface area contributed by atoms with Gasteiger partial charge in [0.25, 0.3) is 0 Å². The van der Waals surface area contributed by atoms with Crippen LogP contribution in [0.25, 0.3) is 0 Å². The van der Waals surface area contributed by atoms with Crippen molar-refractivity contribution in [1.82, 2.24) is 10.2 Å². The molecule has 1 rings (SSSR count). The SMILES string of the molecule is CCC(C)NC(=O)CN1CC[C@H](CCCOC)C1. The molecule has 18 heavy (non-hydrogen) atoms. The molecule has 0 aromatic heterocycles.